The van der Waals surface area contributed by atoms with Crippen molar-refractivity contribution in [2.24, 2.45) is 5.92 Å². The standard InChI is InChI=1S/C15H23NO3S/c1-11-7-8-14(9-12(11)2)20(18,19)16-15-6-4-3-5-13(15)10-17/h7-9,13,15-17H,3-6,10H2,1-2H3/t13-,15-/m0/s1. The lowest BCUT2D eigenvalue weighted by Crippen LogP contribution is -2.43. The van der Waals surface area contributed by atoms with Crippen LogP contribution in [-0.4, -0.2) is 26.2 Å². The summed E-state index contributed by atoms with van der Waals surface area (Å²) < 4.78 is 27.6. The van der Waals surface area contributed by atoms with Gasteiger partial charge in [-0.1, -0.05) is 18.9 Å². The average Bonchev–Trinajstić information content (AvgIpc) is 2.42. The van der Waals surface area contributed by atoms with Gasteiger partial charge in [0.25, 0.3) is 0 Å². The third kappa shape index (κ3) is 3.40. The van der Waals surface area contributed by atoms with Gasteiger partial charge in [0.2, 0.25) is 10.0 Å². The number of aliphatic hydroxyl groups is 1. The minimum Gasteiger partial charge on any atom is -0.396 e. The van der Waals surface area contributed by atoms with Crippen molar-refractivity contribution < 1.29 is 13.5 Å². The molecule has 0 amide bonds. The van der Waals surface area contributed by atoms with Gasteiger partial charge in [0.1, 0.15) is 0 Å². The van der Waals surface area contributed by atoms with Crippen LogP contribution in [0, 0.1) is 19.8 Å². The van der Waals surface area contributed by atoms with Gasteiger partial charge < -0.3 is 5.11 Å². The van der Waals surface area contributed by atoms with E-state index < -0.39 is 10.0 Å². The van der Waals surface area contributed by atoms with E-state index in [0.29, 0.717) is 4.90 Å². The van der Waals surface area contributed by atoms with Gasteiger partial charge in [-0.05, 0) is 55.9 Å². The van der Waals surface area contributed by atoms with Crippen LogP contribution < -0.4 is 4.72 Å². The van der Waals surface area contributed by atoms with E-state index in [1.165, 1.54) is 0 Å². The summed E-state index contributed by atoms with van der Waals surface area (Å²) in [6, 6.07) is 5.02. The normalized spacial score (nSPS) is 23.8. The zero-order valence-electron chi connectivity index (χ0n) is 12.1. The Hall–Kier alpha value is -0.910. The molecular weight excluding hydrogens is 274 g/mol. The molecule has 4 nitrogen and oxygen atoms in total. The van der Waals surface area contributed by atoms with Gasteiger partial charge in [-0.15, -0.1) is 0 Å². The quantitative estimate of drug-likeness (QED) is 0.894. The van der Waals surface area contributed by atoms with Gasteiger partial charge in [0.05, 0.1) is 4.90 Å². The van der Waals surface area contributed by atoms with Crippen LogP contribution in [0.1, 0.15) is 36.8 Å². The van der Waals surface area contributed by atoms with Crippen molar-refractivity contribution in [3.8, 4) is 0 Å². The number of rotatable bonds is 4. The molecule has 1 aromatic carbocycles. The van der Waals surface area contributed by atoms with E-state index in [2.05, 4.69) is 4.72 Å². The van der Waals surface area contributed by atoms with Crippen LogP contribution in [0.3, 0.4) is 0 Å². The van der Waals surface area contributed by atoms with E-state index in [9.17, 15) is 13.5 Å². The smallest absolute Gasteiger partial charge is 0.240 e. The van der Waals surface area contributed by atoms with Crippen LogP contribution >= 0.6 is 0 Å². The predicted octanol–water partition coefficient (Wildman–Crippen LogP) is 2.13. The maximum atomic E-state index is 12.4. The van der Waals surface area contributed by atoms with E-state index in [1.54, 1.807) is 12.1 Å². The lowest BCUT2D eigenvalue weighted by molar-refractivity contribution is 0.164. The molecule has 1 aromatic rings. The van der Waals surface area contributed by atoms with Crippen molar-refractivity contribution in [3.63, 3.8) is 0 Å². The summed E-state index contributed by atoms with van der Waals surface area (Å²) in [5.41, 5.74) is 2.05. The molecule has 5 heteroatoms. The van der Waals surface area contributed by atoms with Gasteiger partial charge >= 0.3 is 0 Å². The minimum absolute atomic E-state index is 0.0325. The summed E-state index contributed by atoms with van der Waals surface area (Å²) >= 11 is 0. The topological polar surface area (TPSA) is 66.4 Å². The second kappa shape index (κ2) is 6.24. The van der Waals surface area contributed by atoms with Gasteiger partial charge in [0, 0.05) is 12.6 Å². The van der Waals surface area contributed by atoms with E-state index in [1.807, 2.05) is 19.9 Å². The molecule has 1 fully saturated rings. The lowest BCUT2D eigenvalue weighted by Gasteiger charge is -2.30. The second-order valence-electron chi connectivity index (χ2n) is 5.70. The Morgan fingerprint density at radius 3 is 2.55 bits per heavy atom. The maximum Gasteiger partial charge on any atom is 0.240 e. The molecule has 0 saturated heterocycles. The summed E-state index contributed by atoms with van der Waals surface area (Å²) in [6.07, 6.45) is 3.76. The second-order valence-corrected chi connectivity index (χ2v) is 7.41. The molecule has 1 aliphatic rings. The highest BCUT2D eigenvalue weighted by atomic mass is 32.2. The van der Waals surface area contributed by atoms with Gasteiger partial charge in [-0.2, -0.15) is 0 Å². The van der Waals surface area contributed by atoms with Crippen molar-refractivity contribution in [2.75, 3.05) is 6.61 Å². The molecule has 2 atom stereocenters. The SMILES string of the molecule is Cc1ccc(S(=O)(=O)N[C@H]2CCCC[C@H]2CO)cc1C. The first-order valence-electron chi connectivity index (χ1n) is 7.14. The molecule has 0 aromatic heterocycles. The molecule has 0 aliphatic heterocycles. The van der Waals surface area contributed by atoms with E-state index in [-0.39, 0.29) is 18.6 Å². The number of hydrogen-bond donors (Lipinski definition) is 2. The molecule has 0 radical (unpaired) electrons. The first kappa shape index (κ1) is 15.5. The van der Waals surface area contributed by atoms with Crippen LogP contribution in [0.4, 0.5) is 0 Å². The molecule has 0 bridgehead atoms. The summed E-state index contributed by atoms with van der Waals surface area (Å²) in [5, 5.41) is 9.37. The maximum absolute atomic E-state index is 12.4. The van der Waals surface area contributed by atoms with Gasteiger partial charge in [-0.3, -0.25) is 0 Å². The zero-order valence-corrected chi connectivity index (χ0v) is 12.9. The molecule has 1 saturated carbocycles. The van der Waals surface area contributed by atoms with E-state index >= 15 is 0 Å². The molecule has 0 spiro atoms. The van der Waals surface area contributed by atoms with Crippen molar-refractivity contribution in [1.82, 2.24) is 4.72 Å². The molecule has 0 heterocycles. The fraction of sp³-hybridized carbons (Fsp3) is 0.600. The fourth-order valence-corrected chi connectivity index (χ4v) is 4.15. The van der Waals surface area contributed by atoms with Gasteiger partial charge in [0.15, 0.2) is 0 Å². The molecule has 1 aliphatic carbocycles. The Morgan fingerprint density at radius 1 is 1.20 bits per heavy atom. The van der Waals surface area contributed by atoms with E-state index in [4.69, 9.17) is 0 Å². The average molecular weight is 297 g/mol. The van der Waals surface area contributed by atoms with Crippen molar-refractivity contribution in [3.05, 3.63) is 29.3 Å². The Labute approximate surface area is 121 Å². The zero-order chi connectivity index (χ0) is 14.8. The fourth-order valence-electron chi connectivity index (χ4n) is 2.73. The van der Waals surface area contributed by atoms with Gasteiger partial charge in [-0.25, -0.2) is 13.1 Å². The summed E-state index contributed by atoms with van der Waals surface area (Å²) in [4.78, 5) is 0.308. The number of hydrogen-bond acceptors (Lipinski definition) is 3. The Bertz CT molecular complexity index is 568. The molecule has 112 valence electrons. The van der Waals surface area contributed by atoms with Crippen molar-refractivity contribution in [2.45, 2.75) is 50.5 Å². The molecule has 2 rings (SSSR count). The van der Waals surface area contributed by atoms with Crippen LogP contribution in [0.5, 0.6) is 0 Å². The molecule has 20 heavy (non-hydrogen) atoms. The van der Waals surface area contributed by atoms with Crippen molar-refractivity contribution >= 4 is 10.0 Å². The summed E-state index contributed by atoms with van der Waals surface area (Å²) in [6.45, 7) is 3.91. The predicted molar refractivity (Wildman–Crippen MR) is 79.1 cm³/mol. The molecule has 0 unspecified atom stereocenters. The van der Waals surface area contributed by atoms with Crippen LogP contribution in [0.2, 0.25) is 0 Å². The Kier molecular flexibility index (Phi) is 4.83. The third-order valence-corrected chi connectivity index (χ3v) is 5.73. The first-order chi connectivity index (χ1) is 9.44. The Morgan fingerprint density at radius 2 is 1.90 bits per heavy atom. The third-order valence-electron chi connectivity index (χ3n) is 4.24. The van der Waals surface area contributed by atoms with Crippen LogP contribution in [0.15, 0.2) is 23.1 Å². The largest absolute Gasteiger partial charge is 0.396 e. The highest BCUT2D eigenvalue weighted by Crippen LogP contribution is 2.25. The van der Waals surface area contributed by atoms with E-state index in [0.717, 1.165) is 36.8 Å². The van der Waals surface area contributed by atoms with Crippen LogP contribution in [0.25, 0.3) is 0 Å². The Balaban J connectivity index is 2.19. The first-order valence-corrected chi connectivity index (χ1v) is 8.63. The number of nitrogens with one attached hydrogen (secondary N) is 1. The minimum atomic E-state index is -3.50. The van der Waals surface area contributed by atoms with Crippen molar-refractivity contribution in [1.29, 1.82) is 0 Å². The number of aryl methyl sites for hydroxylation is 2. The number of sulfonamides is 1. The number of benzene rings is 1. The molecular formula is C15H23NO3S. The summed E-state index contributed by atoms with van der Waals surface area (Å²) in [7, 11) is -3.50. The molecule has 2 N–H and O–H groups in total. The van der Waals surface area contributed by atoms with Crippen LogP contribution in [-0.2, 0) is 10.0 Å². The lowest BCUT2D eigenvalue weighted by atomic mass is 9.86. The number of aliphatic hydroxyl groups excluding tert-OH is 1. The highest BCUT2D eigenvalue weighted by Gasteiger charge is 2.29. The monoisotopic (exact) mass is 297 g/mol. The highest BCUT2D eigenvalue weighted by molar-refractivity contribution is 7.89. The summed E-state index contributed by atoms with van der Waals surface area (Å²) in [5.74, 6) is 0.0325.